The second-order valence-corrected chi connectivity index (χ2v) is 7.92. The summed E-state index contributed by atoms with van der Waals surface area (Å²) in [6.45, 7) is 4.19. The molecule has 0 aliphatic heterocycles. The first-order valence-electron chi connectivity index (χ1n) is 9.39. The van der Waals surface area contributed by atoms with Gasteiger partial charge in [0.15, 0.2) is 5.69 Å². The van der Waals surface area contributed by atoms with E-state index >= 15 is 0 Å². The van der Waals surface area contributed by atoms with Crippen molar-refractivity contribution in [2.45, 2.75) is 32.8 Å². The molecule has 6 nitrogen and oxygen atoms in total. The fourth-order valence-electron chi connectivity index (χ4n) is 2.58. The Morgan fingerprint density at radius 3 is 2.45 bits per heavy atom. The van der Waals surface area contributed by atoms with Crippen LogP contribution in [0.25, 0.3) is 0 Å². The Morgan fingerprint density at radius 1 is 1.07 bits per heavy atom. The van der Waals surface area contributed by atoms with Gasteiger partial charge >= 0.3 is 0 Å². The first-order chi connectivity index (χ1) is 14.1. The summed E-state index contributed by atoms with van der Waals surface area (Å²) < 4.78 is 7.26. The van der Waals surface area contributed by atoms with Gasteiger partial charge in [-0.1, -0.05) is 37.6 Å². The zero-order valence-corrected chi connectivity index (χ0v) is 18.0. The molecule has 152 valence electrons. The summed E-state index contributed by atoms with van der Waals surface area (Å²) in [6.07, 6.45) is 0.972. The highest BCUT2D eigenvalue weighted by molar-refractivity contribution is 7.98. The van der Waals surface area contributed by atoms with Crippen LogP contribution in [0.4, 0.5) is 11.6 Å². The molecule has 3 rings (SSSR count). The quantitative estimate of drug-likeness (QED) is 0.521. The van der Waals surface area contributed by atoms with E-state index in [9.17, 15) is 4.79 Å². The lowest BCUT2D eigenvalue weighted by Gasteiger charge is -2.14. The maximum atomic E-state index is 13.0. The van der Waals surface area contributed by atoms with Crippen LogP contribution in [0.2, 0.25) is 5.02 Å². The minimum Gasteiger partial charge on any atom is -0.487 e. The number of nitrogens with one attached hydrogen (secondary N) is 1. The fourth-order valence-corrected chi connectivity index (χ4v) is 3.31. The minimum absolute atomic E-state index is 0.0374. The predicted octanol–water partition coefficient (Wildman–Crippen LogP) is 4.89. The van der Waals surface area contributed by atoms with Gasteiger partial charge in [0.25, 0.3) is 5.56 Å². The summed E-state index contributed by atoms with van der Waals surface area (Å²) >= 11 is 7.51. The van der Waals surface area contributed by atoms with Crippen LogP contribution in [0.5, 0.6) is 5.75 Å². The van der Waals surface area contributed by atoms with E-state index in [1.807, 2.05) is 31.2 Å². The molecule has 3 aromatic rings. The molecule has 1 N–H and O–H groups in total. The minimum atomic E-state index is -0.220. The van der Waals surface area contributed by atoms with Gasteiger partial charge < -0.3 is 10.1 Å². The summed E-state index contributed by atoms with van der Waals surface area (Å²) in [5.74, 6) is 2.39. The third-order valence-electron chi connectivity index (χ3n) is 4.25. The molecule has 0 aliphatic carbocycles. The van der Waals surface area contributed by atoms with Crippen molar-refractivity contribution >= 4 is 35.0 Å². The van der Waals surface area contributed by atoms with E-state index in [2.05, 4.69) is 22.4 Å². The molecule has 0 bridgehead atoms. The highest BCUT2D eigenvalue weighted by Gasteiger charge is 2.13. The lowest BCUT2D eigenvalue weighted by Crippen LogP contribution is -2.29. The van der Waals surface area contributed by atoms with E-state index in [-0.39, 0.29) is 17.9 Å². The van der Waals surface area contributed by atoms with Gasteiger partial charge in [0.2, 0.25) is 5.95 Å². The zero-order valence-electron chi connectivity index (χ0n) is 16.4. The van der Waals surface area contributed by atoms with E-state index in [1.165, 1.54) is 5.56 Å². The number of anilines is 2. The number of thioether (sulfide) groups is 1. The second kappa shape index (κ2) is 10.3. The Hall–Kier alpha value is -2.51. The second-order valence-electron chi connectivity index (χ2n) is 6.24. The Balaban J connectivity index is 1.81. The summed E-state index contributed by atoms with van der Waals surface area (Å²) in [5, 5.41) is 12.2. The molecule has 0 aliphatic rings. The standard InChI is InChI=1S/C21H23ClN4O2S/c1-3-15-5-9-17(10-6-15)23-21-25-24-19(20(27)26(21)14-29-4-2)13-28-18-11-7-16(22)8-12-18/h5-12H,3-4,13-14H2,1-2H3,(H,23,25). The van der Waals surface area contributed by atoms with E-state index in [0.717, 1.165) is 17.9 Å². The van der Waals surface area contributed by atoms with Gasteiger partial charge in [0.1, 0.15) is 12.4 Å². The maximum absolute atomic E-state index is 13.0. The van der Waals surface area contributed by atoms with Crippen LogP contribution in [0.3, 0.4) is 0 Å². The molecule has 0 radical (unpaired) electrons. The number of hydrogen-bond donors (Lipinski definition) is 1. The first-order valence-corrected chi connectivity index (χ1v) is 10.9. The monoisotopic (exact) mass is 430 g/mol. The molecular weight excluding hydrogens is 408 g/mol. The zero-order chi connectivity index (χ0) is 20.6. The van der Waals surface area contributed by atoms with Gasteiger partial charge in [-0.25, -0.2) is 0 Å². The van der Waals surface area contributed by atoms with Crippen LogP contribution in [0.1, 0.15) is 25.1 Å². The van der Waals surface area contributed by atoms with Crippen molar-refractivity contribution in [2.75, 3.05) is 11.1 Å². The Bertz CT molecular complexity index is 991. The SMILES string of the molecule is CCSCn1c(Nc2ccc(CC)cc2)nnc(COc2ccc(Cl)cc2)c1=O. The smallest absolute Gasteiger partial charge is 0.281 e. The van der Waals surface area contributed by atoms with Crippen molar-refractivity contribution < 1.29 is 4.74 Å². The average Bonchev–Trinajstić information content (AvgIpc) is 2.74. The highest BCUT2D eigenvalue weighted by Crippen LogP contribution is 2.18. The molecule has 2 aromatic carbocycles. The van der Waals surface area contributed by atoms with Gasteiger partial charge in [-0.05, 0) is 54.1 Å². The highest BCUT2D eigenvalue weighted by atomic mass is 35.5. The molecule has 1 heterocycles. The molecular formula is C21H23ClN4O2S. The molecule has 0 amide bonds. The van der Waals surface area contributed by atoms with Crippen molar-refractivity contribution in [1.29, 1.82) is 0 Å². The number of halogens is 1. The third-order valence-corrected chi connectivity index (χ3v) is 5.35. The van der Waals surface area contributed by atoms with Crippen LogP contribution >= 0.6 is 23.4 Å². The fraction of sp³-hybridized carbons (Fsp3) is 0.286. The Kier molecular flexibility index (Phi) is 7.55. The van der Waals surface area contributed by atoms with E-state index in [0.29, 0.717) is 22.6 Å². The van der Waals surface area contributed by atoms with Crippen molar-refractivity contribution in [1.82, 2.24) is 14.8 Å². The van der Waals surface area contributed by atoms with Crippen LogP contribution < -0.4 is 15.6 Å². The summed E-state index contributed by atoms with van der Waals surface area (Å²) in [5.41, 5.74) is 2.14. The third kappa shape index (κ3) is 5.74. The summed E-state index contributed by atoms with van der Waals surface area (Å²) in [4.78, 5) is 13.0. The van der Waals surface area contributed by atoms with Crippen LogP contribution in [0.15, 0.2) is 53.3 Å². The summed E-state index contributed by atoms with van der Waals surface area (Å²) in [6, 6.07) is 15.0. The van der Waals surface area contributed by atoms with Crippen LogP contribution in [0, 0.1) is 0 Å². The molecule has 1 aromatic heterocycles. The Morgan fingerprint density at radius 2 is 1.79 bits per heavy atom. The number of hydrogen-bond acceptors (Lipinski definition) is 6. The molecule has 0 saturated carbocycles. The lowest BCUT2D eigenvalue weighted by molar-refractivity contribution is 0.296. The van der Waals surface area contributed by atoms with Crippen LogP contribution in [-0.2, 0) is 18.9 Å². The average molecular weight is 431 g/mol. The topological polar surface area (TPSA) is 69.0 Å². The molecule has 0 spiro atoms. The summed E-state index contributed by atoms with van der Waals surface area (Å²) in [7, 11) is 0. The van der Waals surface area contributed by atoms with E-state index in [1.54, 1.807) is 40.6 Å². The largest absolute Gasteiger partial charge is 0.487 e. The van der Waals surface area contributed by atoms with Gasteiger partial charge in [0.05, 0.1) is 5.88 Å². The number of aryl methyl sites for hydroxylation is 1. The van der Waals surface area contributed by atoms with Gasteiger partial charge in [-0.15, -0.1) is 22.0 Å². The van der Waals surface area contributed by atoms with Gasteiger partial charge in [-0.3, -0.25) is 9.36 Å². The number of ether oxygens (including phenoxy) is 1. The number of nitrogens with zero attached hydrogens (tertiary/aromatic N) is 3. The maximum Gasteiger partial charge on any atom is 0.281 e. The molecule has 0 atom stereocenters. The number of rotatable bonds is 9. The first kappa shape index (κ1) is 21.2. The van der Waals surface area contributed by atoms with E-state index < -0.39 is 0 Å². The number of aromatic nitrogens is 3. The van der Waals surface area contributed by atoms with Crippen LogP contribution in [-0.4, -0.2) is 20.5 Å². The van der Waals surface area contributed by atoms with Crippen molar-refractivity contribution in [3.05, 3.63) is 75.2 Å². The molecule has 0 fully saturated rings. The molecule has 8 heteroatoms. The lowest BCUT2D eigenvalue weighted by atomic mass is 10.1. The normalized spacial score (nSPS) is 10.7. The van der Waals surface area contributed by atoms with E-state index in [4.69, 9.17) is 16.3 Å². The van der Waals surface area contributed by atoms with Gasteiger partial charge in [0, 0.05) is 10.7 Å². The molecule has 0 saturated heterocycles. The molecule has 0 unspecified atom stereocenters. The Labute approximate surface area is 179 Å². The predicted molar refractivity (Wildman–Crippen MR) is 119 cm³/mol. The number of benzene rings is 2. The van der Waals surface area contributed by atoms with Crippen molar-refractivity contribution in [3.8, 4) is 5.75 Å². The van der Waals surface area contributed by atoms with Crippen molar-refractivity contribution in [2.24, 2.45) is 0 Å². The molecule has 29 heavy (non-hydrogen) atoms. The van der Waals surface area contributed by atoms with Gasteiger partial charge in [-0.2, -0.15) is 0 Å². The van der Waals surface area contributed by atoms with Crippen molar-refractivity contribution in [3.63, 3.8) is 0 Å².